The van der Waals surface area contributed by atoms with Gasteiger partial charge in [-0.15, -0.1) is 24.2 Å². The molecule has 0 aliphatic carbocycles. The molecule has 1 aromatic heterocycles. The van der Waals surface area contributed by atoms with Gasteiger partial charge in [-0.2, -0.15) is 13.2 Å². The quantitative estimate of drug-likeness (QED) is 0.485. The highest BCUT2D eigenvalue weighted by Gasteiger charge is 2.41. The molecule has 1 rings (SSSR count). The zero-order chi connectivity index (χ0) is 19.4. The maximum absolute atomic E-state index is 12.3. The SMILES string of the molecule is CCc1nc(NC(=O)NS(=O)(=O)CC(Cl)C(F)(F)F)nc(CC)c1S. The fourth-order valence-electron chi connectivity index (χ4n) is 1.70. The number of nitrogens with zero attached hydrogens (tertiary/aromatic N) is 2. The Balaban J connectivity index is 2.86. The van der Waals surface area contributed by atoms with Crippen LogP contribution in [0.1, 0.15) is 25.2 Å². The number of alkyl halides is 4. The largest absolute Gasteiger partial charge is 0.406 e. The van der Waals surface area contributed by atoms with Crippen molar-refractivity contribution in [2.75, 3.05) is 11.1 Å². The summed E-state index contributed by atoms with van der Waals surface area (Å²) in [7, 11) is -4.61. The first kappa shape index (κ1) is 21.8. The van der Waals surface area contributed by atoms with Crippen LogP contribution >= 0.6 is 24.2 Å². The summed E-state index contributed by atoms with van der Waals surface area (Å²) in [6.07, 6.45) is -3.94. The Morgan fingerprint density at radius 1 is 1.24 bits per heavy atom. The van der Waals surface area contributed by atoms with Gasteiger partial charge in [-0.1, -0.05) is 13.8 Å². The van der Waals surface area contributed by atoms with Crippen molar-refractivity contribution >= 4 is 46.2 Å². The van der Waals surface area contributed by atoms with E-state index in [-0.39, 0.29) is 5.95 Å². The second-order valence-electron chi connectivity index (χ2n) is 4.84. The van der Waals surface area contributed by atoms with E-state index in [0.29, 0.717) is 29.1 Å². The van der Waals surface area contributed by atoms with Crippen molar-refractivity contribution in [2.24, 2.45) is 0 Å². The van der Waals surface area contributed by atoms with Crippen molar-refractivity contribution in [1.29, 1.82) is 0 Å². The fourth-order valence-corrected chi connectivity index (χ4v) is 3.60. The molecule has 0 saturated carbocycles. The topological polar surface area (TPSA) is 101 Å². The van der Waals surface area contributed by atoms with Crippen LogP contribution in [0.5, 0.6) is 0 Å². The van der Waals surface area contributed by atoms with Crippen LogP contribution in [0.4, 0.5) is 23.9 Å². The summed E-state index contributed by atoms with van der Waals surface area (Å²) in [5, 5.41) is -0.566. The Hall–Kier alpha value is -1.27. The number of amides is 2. The average Bonchev–Trinajstić information content (AvgIpc) is 2.46. The van der Waals surface area contributed by atoms with Crippen molar-refractivity contribution in [3.05, 3.63) is 11.4 Å². The van der Waals surface area contributed by atoms with Crippen molar-refractivity contribution < 1.29 is 26.4 Å². The van der Waals surface area contributed by atoms with Crippen LogP contribution in [0.25, 0.3) is 0 Å². The molecule has 1 aromatic rings. The summed E-state index contributed by atoms with van der Waals surface area (Å²) < 4.78 is 61.5. The lowest BCUT2D eigenvalue weighted by atomic mass is 10.2. The molecule has 1 atom stereocenters. The van der Waals surface area contributed by atoms with Crippen LogP contribution in [0.15, 0.2) is 4.90 Å². The van der Waals surface area contributed by atoms with E-state index in [9.17, 15) is 26.4 Å². The van der Waals surface area contributed by atoms with Crippen molar-refractivity contribution in [1.82, 2.24) is 14.7 Å². The molecule has 0 spiro atoms. The number of nitrogens with one attached hydrogen (secondary N) is 2. The van der Waals surface area contributed by atoms with E-state index in [1.807, 2.05) is 0 Å². The molecule has 1 heterocycles. The van der Waals surface area contributed by atoms with Crippen LogP contribution in [0.2, 0.25) is 0 Å². The maximum atomic E-state index is 12.3. The number of rotatable bonds is 6. The lowest BCUT2D eigenvalue weighted by molar-refractivity contribution is -0.126. The Morgan fingerprint density at radius 2 is 1.72 bits per heavy atom. The van der Waals surface area contributed by atoms with Gasteiger partial charge in [0.15, 0.2) is 0 Å². The molecule has 7 nitrogen and oxygen atoms in total. The predicted molar refractivity (Wildman–Crippen MR) is 89.7 cm³/mol. The molecule has 0 bridgehead atoms. The molecule has 2 amide bonds. The van der Waals surface area contributed by atoms with E-state index < -0.39 is 33.4 Å². The Bertz CT molecular complexity index is 719. The molecule has 25 heavy (non-hydrogen) atoms. The first-order valence-corrected chi connectivity index (χ1v) is 9.54. The molecule has 0 aromatic carbocycles. The van der Waals surface area contributed by atoms with E-state index in [0.717, 1.165) is 0 Å². The molecule has 0 saturated heterocycles. The van der Waals surface area contributed by atoms with Crippen molar-refractivity contribution in [2.45, 2.75) is 43.1 Å². The van der Waals surface area contributed by atoms with Crippen LogP contribution in [-0.2, 0) is 22.9 Å². The lowest BCUT2D eigenvalue weighted by Crippen LogP contribution is -2.41. The molecular weight excluding hydrogens is 405 g/mol. The highest BCUT2D eigenvalue weighted by Crippen LogP contribution is 2.25. The minimum absolute atomic E-state index is 0.183. The monoisotopic (exact) mass is 420 g/mol. The number of sulfonamides is 1. The number of carbonyl (C=O) groups excluding carboxylic acids is 1. The molecule has 0 radical (unpaired) electrons. The first-order chi connectivity index (χ1) is 11.4. The number of aromatic nitrogens is 2. The number of thiol groups is 1. The number of carbonyl (C=O) groups is 1. The normalized spacial score (nSPS) is 13.4. The molecule has 1 unspecified atom stereocenters. The highest BCUT2D eigenvalue weighted by molar-refractivity contribution is 7.90. The number of aryl methyl sites for hydroxylation is 2. The molecule has 13 heteroatoms. The Morgan fingerprint density at radius 3 is 2.12 bits per heavy atom. The van der Waals surface area contributed by atoms with Crippen molar-refractivity contribution in [3.63, 3.8) is 0 Å². The fraction of sp³-hybridized carbons (Fsp3) is 0.583. The maximum Gasteiger partial charge on any atom is 0.406 e. The Labute approximate surface area is 153 Å². The van der Waals surface area contributed by atoms with E-state index in [1.165, 1.54) is 4.72 Å². The minimum atomic E-state index is -4.91. The van der Waals surface area contributed by atoms with Crippen molar-refractivity contribution in [3.8, 4) is 0 Å². The molecule has 0 fully saturated rings. The zero-order valence-corrected chi connectivity index (χ0v) is 15.7. The third-order valence-corrected chi connectivity index (χ3v) is 5.26. The summed E-state index contributed by atoms with van der Waals surface area (Å²) >= 11 is 9.24. The zero-order valence-electron chi connectivity index (χ0n) is 13.2. The summed E-state index contributed by atoms with van der Waals surface area (Å²) in [6.45, 7) is 3.60. The third kappa shape index (κ3) is 6.51. The summed E-state index contributed by atoms with van der Waals surface area (Å²) in [6, 6.07) is -1.29. The van der Waals surface area contributed by atoms with E-state index in [1.54, 1.807) is 13.8 Å². The number of anilines is 1. The van der Waals surface area contributed by atoms with Gasteiger partial charge < -0.3 is 0 Å². The van der Waals surface area contributed by atoms with E-state index >= 15 is 0 Å². The van der Waals surface area contributed by atoms with Gasteiger partial charge >= 0.3 is 12.2 Å². The standard InChI is InChI=1S/C12H16ClF3N4O3S2/c1-3-6-9(24)7(4-2)18-10(17-6)19-11(21)20-25(22,23)5-8(13)12(14,15)16/h8,24H,3-5H2,1-2H3,(H2,17,18,19,20,21). The van der Waals surface area contributed by atoms with Gasteiger partial charge in [-0.05, 0) is 12.8 Å². The van der Waals surface area contributed by atoms with Crippen LogP contribution in [-0.4, -0.2) is 41.7 Å². The number of hydrogen-bond donors (Lipinski definition) is 3. The molecule has 2 N–H and O–H groups in total. The van der Waals surface area contributed by atoms with Crippen LogP contribution in [0.3, 0.4) is 0 Å². The second-order valence-corrected chi connectivity index (χ2v) is 7.58. The van der Waals surface area contributed by atoms with Gasteiger partial charge in [0.25, 0.3) is 0 Å². The van der Waals surface area contributed by atoms with Crippen LogP contribution < -0.4 is 10.0 Å². The summed E-state index contributed by atoms with van der Waals surface area (Å²) in [4.78, 5) is 20.3. The smallest absolute Gasteiger partial charge is 0.275 e. The van der Waals surface area contributed by atoms with Gasteiger partial charge in [-0.25, -0.2) is 27.9 Å². The van der Waals surface area contributed by atoms with E-state index in [4.69, 9.17) is 11.6 Å². The molecule has 0 aliphatic heterocycles. The van der Waals surface area contributed by atoms with Gasteiger partial charge in [-0.3, -0.25) is 5.32 Å². The van der Waals surface area contributed by atoms with Gasteiger partial charge in [0.1, 0.15) is 5.38 Å². The molecule has 0 aliphatic rings. The van der Waals surface area contributed by atoms with Gasteiger partial charge in [0.05, 0.1) is 17.1 Å². The summed E-state index contributed by atoms with van der Waals surface area (Å²) in [5.41, 5.74) is 1.07. The molecular formula is C12H16ClF3N4O3S2. The number of urea groups is 1. The predicted octanol–water partition coefficient (Wildman–Crippen LogP) is 2.51. The third-order valence-electron chi connectivity index (χ3n) is 2.89. The van der Waals surface area contributed by atoms with Gasteiger partial charge in [0.2, 0.25) is 16.0 Å². The van der Waals surface area contributed by atoms with Crippen LogP contribution in [0, 0.1) is 0 Å². The number of hydrogen-bond acceptors (Lipinski definition) is 6. The van der Waals surface area contributed by atoms with E-state index in [2.05, 4.69) is 27.9 Å². The summed E-state index contributed by atoms with van der Waals surface area (Å²) in [5.74, 6) is -1.68. The Kier molecular flexibility index (Phi) is 7.32. The first-order valence-electron chi connectivity index (χ1n) is 7.00. The molecule has 142 valence electrons. The highest BCUT2D eigenvalue weighted by atomic mass is 35.5. The lowest BCUT2D eigenvalue weighted by Gasteiger charge is -2.14. The second kappa shape index (κ2) is 8.41. The van der Waals surface area contributed by atoms with Gasteiger partial charge in [0, 0.05) is 4.90 Å². The minimum Gasteiger partial charge on any atom is -0.275 e. The average molecular weight is 421 g/mol. The number of halogens is 4.